The molecule has 2 aliphatic rings. The van der Waals surface area contributed by atoms with Gasteiger partial charge in [0, 0.05) is 26.2 Å². The number of benzene rings is 1. The molecule has 132 valence electrons. The highest BCUT2D eigenvalue weighted by atomic mass is 16.5. The minimum Gasteiger partial charge on any atom is -0.376 e. The van der Waals surface area contributed by atoms with Gasteiger partial charge in [0.15, 0.2) is 0 Å². The Labute approximate surface area is 144 Å². The van der Waals surface area contributed by atoms with Crippen molar-refractivity contribution in [3.05, 3.63) is 35.9 Å². The third-order valence-corrected chi connectivity index (χ3v) is 4.80. The Balaban J connectivity index is 1.43. The first-order valence-electron chi connectivity index (χ1n) is 8.99. The van der Waals surface area contributed by atoms with Gasteiger partial charge in [0.1, 0.15) is 0 Å². The minimum absolute atomic E-state index is 0.0286. The average Bonchev–Trinajstić information content (AvgIpc) is 3.10. The third kappa shape index (κ3) is 5.03. The van der Waals surface area contributed by atoms with E-state index in [4.69, 9.17) is 9.47 Å². The number of nitrogens with zero attached hydrogens (tertiary/aromatic N) is 1. The number of amides is 1. The molecule has 0 radical (unpaired) electrons. The second-order valence-corrected chi connectivity index (χ2v) is 6.83. The van der Waals surface area contributed by atoms with E-state index in [0.29, 0.717) is 13.0 Å². The SMILES string of the molecule is CC(NC(=O)CC1CN(Cc2ccccc2)CCO1)C1CCCO1. The maximum atomic E-state index is 12.3. The molecule has 0 aliphatic carbocycles. The van der Waals surface area contributed by atoms with E-state index < -0.39 is 0 Å². The molecule has 5 nitrogen and oxygen atoms in total. The number of rotatable bonds is 6. The lowest BCUT2D eigenvalue weighted by Gasteiger charge is -2.33. The summed E-state index contributed by atoms with van der Waals surface area (Å²) in [4.78, 5) is 14.6. The zero-order chi connectivity index (χ0) is 16.8. The van der Waals surface area contributed by atoms with E-state index in [9.17, 15) is 4.79 Å². The molecule has 2 aliphatic heterocycles. The summed E-state index contributed by atoms with van der Waals surface area (Å²) in [5.74, 6) is 0.0598. The van der Waals surface area contributed by atoms with Gasteiger partial charge in [-0.25, -0.2) is 0 Å². The van der Waals surface area contributed by atoms with Crippen LogP contribution in [-0.4, -0.2) is 55.4 Å². The van der Waals surface area contributed by atoms with Crippen LogP contribution in [0.2, 0.25) is 0 Å². The van der Waals surface area contributed by atoms with Crippen molar-refractivity contribution in [2.75, 3.05) is 26.3 Å². The molecule has 2 fully saturated rings. The zero-order valence-electron chi connectivity index (χ0n) is 14.4. The summed E-state index contributed by atoms with van der Waals surface area (Å²) < 4.78 is 11.4. The molecule has 2 saturated heterocycles. The van der Waals surface area contributed by atoms with Crippen LogP contribution in [0.25, 0.3) is 0 Å². The lowest BCUT2D eigenvalue weighted by molar-refractivity contribution is -0.127. The van der Waals surface area contributed by atoms with Crippen LogP contribution in [0.4, 0.5) is 0 Å². The molecule has 1 aromatic carbocycles. The Morgan fingerprint density at radius 1 is 1.29 bits per heavy atom. The molecule has 0 bridgehead atoms. The van der Waals surface area contributed by atoms with Gasteiger partial charge in [0.25, 0.3) is 0 Å². The Morgan fingerprint density at radius 2 is 2.12 bits per heavy atom. The molecular formula is C19H28N2O3. The van der Waals surface area contributed by atoms with Crippen molar-refractivity contribution in [3.8, 4) is 0 Å². The summed E-state index contributed by atoms with van der Waals surface area (Å²) >= 11 is 0. The molecule has 3 rings (SSSR count). The van der Waals surface area contributed by atoms with Crippen LogP contribution in [-0.2, 0) is 20.8 Å². The first kappa shape index (κ1) is 17.4. The Hall–Kier alpha value is -1.43. The van der Waals surface area contributed by atoms with E-state index in [1.807, 2.05) is 13.0 Å². The van der Waals surface area contributed by atoms with E-state index in [0.717, 1.165) is 39.1 Å². The Kier molecular flexibility index (Phi) is 6.24. The van der Waals surface area contributed by atoms with Crippen molar-refractivity contribution in [3.63, 3.8) is 0 Å². The Morgan fingerprint density at radius 3 is 2.88 bits per heavy atom. The highest BCUT2D eigenvalue weighted by Gasteiger charge is 2.26. The summed E-state index contributed by atoms with van der Waals surface area (Å²) in [6.07, 6.45) is 2.68. The molecule has 1 aromatic rings. The van der Waals surface area contributed by atoms with E-state index in [-0.39, 0.29) is 24.2 Å². The van der Waals surface area contributed by atoms with Gasteiger partial charge in [-0.15, -0.1) is 0 Å². The second-order valence-electron chi connectivity index (χ2n) is 6.83. The number of carbonyl (C=O) groups is 1. The quantitative estimate of drug-likeness (QED) is 0.865. The molecule has 0 spiro atoms. The normalized spacial score (nSPS) is 26.2. The van der Waals surface area contributed by atoms with Crippen LogP contribution in [0.1, 0.15) is 31.7 Å². The highest BCUT2D eigenvalue weighted by Crippen LogP contribution is 2.16. The van der Waals surface area contributed by atoms with Gasteiger partial charge in [-0.3, -0.25) is 9.69 Å². The van der Waals surface area contributed by atoms with E-state index in [2.05, 4.69) is 34.5 Å². The number of morpholine rings is 1. The molecule has 24 heavy (non-hydrogen) atoms. The second kappa shape index (κ2) is 8.60. The minimum atomic E-state index is -0.0286. The van der Waals surface area contributed by atoms with Crippen molar-refractivity contribution < 1.29 is 14.3 Å². The first-order chi connectivity index (χ1) is 11.7. The number of nitrogens with one attached hydrogen (secondary N) is 1. The summed E-state index contributed by atoms with van der Waals surface area (Å²) in [6.45, 7) is 6.15. The molecule has 3 unspecified atom stereocenters. The Bertz CT molecular complexity index is 517. The van der Waals surface area contributed by atoms with Crippen LogP contribution >= 0.6 is 0 Å². The van der Waals surface area contributed by atoms with E-state index in [1.54, 1.807) is 0 Å². The summed E-state index contributed by atoms with van der Waals surface area (Å²) in [5, 5.41) is 3.07. The average molecular weight is 332 g/mol. The van der Waals surface area contributed by atoms with Gasteiger partial charge in [0.05, 0.1) is 31.3 Å². The fourth-order valence-corrected chi connectivity index (χ4v) is 3.50. The number of hydrogen-bond acceptors (Lipinski definition) is 4. The zero-order valence-corrected chi connectivity index (χ0v) is 14.4. The largest absolute Gasteiger partial charge is 0.376 e. The molecule has 1 amide bonds. The van der Waals surface area contributed by atoms with Crippen molar-refractivity contribution in [2.45, 2.75) is 51.0 Å². The summed E-state index contributed by atoms with van der Waals surface area (Å²) in [7, 11) is 0. The molecule has 2 heterocycles. The van der Waals surface area contributed by atoms with Crippen molar-refractivity contribution in [1.82, 2.24) is 10.2 Å². The molecule has 0 saturated carbocycles. The van der Waals surface area contributed by atoms with Gasteiger partial charge in [-0.05, 0) is 25.3 Å². The van der Waals surface area contributed by atoms with Crippen molar-refractivity contribution >= 4 is 5.91 Å². The molecule has 3 atom stereocenters. The van der Waals surface area contributed by atoms with E-state index in [1.165, 1.54) is 5.56 Å². The van der Waals surface area contributed by atoms with Gasteiger partial charge < -0.3 is 14.8 Å². The van der Waals surface area contributed by atoms with Crippen LogP contribution in [0.3, 0.4) is 0 Å². The number of carbonyl (C=O) groups excluding carboxylic acids is 1. The molecular weight excluding hydrogens is 304 g/mol. The molecule has 5 heteroatoms. The molecule has 1 N–H and O–H groups in total. The van der Waals surface area contributed by atoms with Crippen molar-refractivity contribution in [1.29, 1.82) is 0 Å². The van der Waals surface area contributed by atoms with Crippen molar-refractivity contribution in [2.24, 2.45) is 0 Å². The van der Waals surface area contributed by atoms with Gasteiger partial charge in [-0.2, -0.15) is 0 Å². The predicted molar refractivity (Wildman–Crippen MR) is 92.7 cm³/mol. The van der Waals surface area contributed by atoms with Gasteiger partial charge >= 0.3 is 0 Å². The standard InChI is InChI=1S/C19H28N2O3/c1-15(18-8-5-10-24-18)20-19(22)12-17-14-21(9-11-23-17)13-16-6-3-2-4-7-16/h2-4,6-7,15,17-18H,5,8-14H2,1H3,(H,20,22). The topological polar surface area (TPSA) is 50.8 Å². The number of ether oxygens (including phenoxy) is 2. The summed E-state index contributed by atoms with van der Waals surface area (Å²) in [5.41, 5.74) is 1.30. The fourth-order valence-electron chi connectivity index (χ4n) is 3.50. The lowest BCUT2D eigenvalue weighted by Crippen LogP contribution is -2.46. The summed E-state index contributed by atoms with van der Waals surface area (Å²) in [6, 6.07) is 10.5. The first-order valence-corrected chi connectivity index (χ1v) is 8.99. The molecule has 0 aromatic heterocycles. The predicted octanol–water partition coefficient (Wildman–Crippen LogP) is 1.96. The van der Waals surface area contributed by atoms with E-state index >= 15 is 0 Å². The van der Waals surface area contributed by atoms with Crippen LogP contribution in [0.5, 0.6) is 0 Å². The fraction of sp³-hybridized carbons (Fsp3) is 0.632. The number of hydrogen-bond donors (Lipinski definition) is 1. The highest BCUT2D eigenvalue weighted by molar-refractivity contribution is 5.76. The van der Waals surface area contributed by atoms with Gasteiger partial charge in [-0.1, -0.05) is 30.3 Å². The van der Waals surface area contributed by atoms with Crippen LogP contribution in [0, 0.1) is 0 Å². The third-order valence-electron chi connectivity index (χ3n) is 4.80. The lowest BCUT2D eigenvalue weighted by atomic mass is 10.1. The monoisotopic (exact) mass is 332 g/mol. The maximum absolute atomic E-state index is 12.3. The van der Waals surface area contributed by atoms with Crippen LogP contribution < -0.4 is 5.32 Å². The maximum Gasteiger partial charge on any atom is 0.222 e. The van der Waals surface area contributed by atoms with Crippen LogP contribution in [0.15, 0.2) is 30.3 Å². The van der Waals surface area contributed by atoms with Gasteiger partial charge in [0.2, 0.25) is 5.91 Å². The smallest absolute Gasteiger partial charge is 0.222 e.